The molecule has 4 aromatic rings. The molecule has 0 saturated carbocycles. The molecule has 0 saturated heterocycles. The summed E-state index contributed by atoms with van der Waals surface area (Å²) in [5.41, 5.74) is 3.13. The quantitative estimate of drug-likeness (QED) is 0.236. The number of carboxylic acids is 1. The fraction of sp³-hybridized carbons (Fsp3) is 0.281. The Labute approximate surface area is 236 Å². The van der Waals surface area contributed by atoms with Crippen molar-refractivity contribution in [3.05, 3.63) is 102 Å². The van der Waals surface area contributed by atoms with Crippen LogP contribution in [0.2, 0.25) is 0 Å². The standard InChI is InChI=1S/C32H36N2O5S/c1-22-9-11-27(18-30(22)31(36)37)25-13-15-29(16-14-25)40(38,39)34(4)21-28(35)20-33-32(2,3)19-23-10-12-24-7-5-6-8-26(24)17-23/h5-18,28,33,35H,19-21H2,1-4H3,(H,36,37). The summed E-state index contributed by atoms with van der Waals surface area (Å²) in [7, 11) is -2.38. The average Bonchev–Trinajstić information content (AvgIpc) is 2.92. The largest absolute Gasteiger partial charge is 0.478 e. The predicted molar refractivity (Wildman–Crippen MR) is 159 cm³/mol. The lowest BCUT2D eigenvalue weighted by atomic mass is 9.93. The zero-order valence-electron chi connectivity index (χ0n) is 23.3. The Morgan fingerprint density at radius 2 is 1.57 bits per heavy atom. The Morgan fingerprint density at radius 1 is 0.925 bits per heavy atom. The van der Waals surface area contributed by atoms with Gasteiger partial charge >= 0.3 is 5.97 Å². The number of nitrogens with zero attached hydrogens (tertiary/aromatic N) is 1. The maximum absolute atomic E-state index is 13.2. The van der Waals surface area contributed by atoms with Crippen molar-refractivity contribution in [1.29, 1.82) is 0 Å². The molecule has 3 N–H and O–H groups in total. The van der Waals surface area contributed by atoms with Gasteiger partial charge in [-0.25, -0.2) is 13.2 Å². The van der Waals surface area contributed by atoms with Crippen LogP contribution < -0.4 is 5.32 Å². The molecule has 0 spiro atoms. The normalized spacial score (nSPS) is 13.1. The van der Waals surface area contributed by atoms with Crippen LogP contribution in [0.5, 0.6) is 0 Å². The number of fused-ring (bicyclic) bond motifs is 1. The van der Waals surface area contributed by atoms with Crippen LogP contribution in [0.15, 0.2) is 89.8 Å². The monoisotopic (exact) mass is 560 g/mol. The van der Waals surface area contributed by atoms with E-state index in [-0.39, 0.29) is 29.1 Å². The molecule has 0 radical (unpaired) electrons. The zero-order valence-corrected chi connectivity index (χ0v) is 24.1. The predicted octanol–water partition coefficient (Wildman–Crippen LogP) is 5.11. The highest BCUT2D eigenvalue weighted by Crippen LogP contribution is 2.25. The molecule has 4 aromatic carbocycles. The van der Waals surface area contributed by atoms with Crippen LogP contribution in [0.3, 0.4) is 0 Å². The van der Waals surface area contributed by atoms with Gasteiger partial charge in [0.15, 0.2) is 0 Å². The molecule has 0 bridgehead atoms. The average molecular weight is 561 g/mol. The third-order valence-corrected chi connectivity index (χ3v) is 8.95. The molecule has 0 heterocycles. The number of sulfonamides is 1. The summed E-state index contributed by atoms with van der Waals surface area (Å²) in [5, 5.41) is 25.8. The molecular formula is C32H36N2O5S. The lowest BCUT2D eigenvalue weighted by Gasteiger charge is -2.29. The molecule has 0 aliphatic heterocycles. The van der Waals surface area contributed by atoms with Crippen molar-refractivity contribution in [2.24, 2.45) is 0 Å². The van der Waals surface area contributed by atoms with Crippen LogP contribution >= 0.6 is 0 Å². The lowest BCUT2D eigenvalue weighted by molar-refractivity contribution is 0.0696. The van der Waals surface area contributed by atoms with Crippen LogP contribution in [0, 0.1) is 6.92 Å². The number of carbonyl (C=O) groups is 1. The minimum Gasteiger partial charge on any atom is -0.478 e. The van der Waals surface area contributed by atoms with Gasteiger partial charge in [-0.1, -0.05) is 66.7 Å². The molecule has 7 nitrogen and oxygen atoms in total. The maximum Gasteiger partial charge on any atom is 0.335 e. The minimum absolute atomic E-state index is 0.0664. The maximum atomic E-state index is 13.2. The van der Waals surface area contributed by atoms with E-state index in [4.69, 9.17) is 0 Å². The third-order valence-electron chi connectivity index (χ3n) is 7.11. The molecule has 1 unspecified atom stereocenters. The van der Waals surface area contributed by atoms with E-state index >= 15 is 0 Å². The number of β-amino-alcohol motifs (C(OH)–C–C–N with tert-alkyl or cyclic N) is 1. The second-order valence-electron chi connectivity index (χ2n) is 10.9. The molecule has 40 heavy (non-hydrogen) atoms. The van der Waals surface area contributed by atoms with E-state index < -0.39 is 22.1 Å². The summed E-state index contributed by atoms with van der Waals surface area (Å²) in [6, 6.07) is 26.0. The SMILES string of the molecule is Cc1ccc(-c2ccc(S(=O)(=O)N(C)CC(O)CNC(C)(C)Cc3ccc4ccccc4c3)cc2)cc1C(=O)O. The number of nitrogens with one attached hydrogen (secondary N) is 1. The lowest BCUT2D eigenvalue weighted by Crippen LogP contribution is -2.47. The smallest absolute Gasteiger partial charge is 0.335 e. The van der Waals surface area contributed by atoms with Gasteiger partial charge in [0.05, 0.1) is 16.6 Å². The van der Waals surface area contributed by atoms with Gasteiger partial charge in [-0.05, 0) is 78.4 Å². The van der Waals surface area contributed by atoms with E-state index in [1.807, 2.05) is 18.2 Å². The van der Waals surface area contributed by atoms with Crippen LogP contribution in [0.4, 0.5) is 0 Å². The number of hydrogen-bond acceptors (Lipinski definition) is 5. The number of carboxylic acid groups (broad SMARTS) is 1. The van der Waals surface area contributed by atoms with Crippen molar-refractivity contribution in [2.75, 3.05) is 20.1 Å². The van der Waals surface area contributed by atoms with Gasteiger partial charge in [-0.3, -0.25) is 0 Å². The highest BCUT2D eigenvalue weighted by molar-refractivity contribution is 7.89. The first kappa shape index (κ1) is 29.4. The van der Waals surface area contributed by atoms with Gasteiger partial charge in [-0.15, -0.1) is 0 Å². The van der Waals surface area contributed by atoms with Crippen molar-refractivity contribution < 1.29 is 23.4 Å². The van der Waals surface area contributed by atoms with Crippen molar-refractivity contribution >= 4 is 26.8 Å². The van der Waals surface area contributed by atoms with Crippen LogP contribution in [-0.4, -0.2) is 60.7 Å². The first-order valence-corrected chi connectivity index (χ1v) is 14.6. The molecule has 1 atom stereocenters. The fourth-order valence-corrected chi connectivity index (χ4v) is 6.01. The van der Waals surface area contributed by atoms with Gasteiger partial charge in [0.25, 0.3) is 0 Å². The van der Waals surface area contributed by atoms with Gasteiger partial charge in [0.2, 0.25) is 10.0 Å². The number of aliphatic hydroxyl groups excluding tert-OH is 1. The molecule has 4 rings (SSSR count). The Kier molecular flexibility index (Phi) is 8.75. The minimum atomic E-state index is -3.83. The molecule has 210 valence electrons. The summed E-state index contributed by atoms with van der Waals surface area (Å²) < 4.78 is 27.5. The highest BCUT2D eigenvalue weighted by atomic mass is 32.2. The number of aromatic carboxylic acids is 1. The second-order valence-corrected chi connectivity index (χ2v) is 13.0. The van der Waals surface area contributed by atoms with Crippen LogP contribution in [0.25, 0.3) is 21.9 Å². The second kappa shape index (κ2) is 11.9. The summed E-state index contributed by atoms with van der Waals surface area (Å²) in [6.45, 7) is 6.02. The van der Waals surface area contributed by atoms with Crippen molar-refractivity contribution in [2.45, 2.75) is 43.7 Å². The van der Waals surface area contributed by atoms with Gasteiger partial charge in [0, 0.05) is 25.7 Å². The molecule has 0 aliphatic carbocycles. The molecule has 0 amide bonds. The zero-order chi connectivity index (χ0) is 29.1. The Bertz CT molecular complexity index is 1610. The number of aryl methyl sites for hydroxylation is 1. The fourth-order valence-electron chi connectivity index (χ4n) is 4.81. The van der Waals surface area contributed by atoms with Crippen LogP contribution in [-0.2, 0) is 16.4 Å². The van der Waals surface area contributed by atoms with E-state index in [1.54, 1.807) is 31.2 Å². The van der Waals surface area contributed by atoms with Crippen molar-refractivity contribution in [1.82, 2.24) is 9.62 Å². The topological polar surface area (TPSA) is 107 Å². The Morgan fingerprint density at radius 3 is 2.25 bits per heavy atom. The molecular weight excluding hydrogens is 524 g/mol. The number of aliphatic hydroxyl groups is 1. The van der Waals surface area contributed by atoms with Crippen LogP contribution in [0.1, 0.15) is 35.3 Å². The van der Waals surface area contributed by atoms with E-state index in [2.05, 4.69) is 49.5 Å². The van der Waals surface area contributed by atoms with Crippen molar-refractivity contribution in [3.63, 3.8) is 0 Å². The summed E-state index contributed by atoms with van der Waals surface area (Å²) in [6.07, 6.45) is -0.156. The number of rotatable bonds is 11. The van der Waals surface area contributed by atoms with E-state index in [0.29, 0.717) is 16.7 Å². The molecule has 8 heteroatoms. The number of likely N-dealkylation sites (N-methyl/N-ethyl adjacent to an activating group) is 1. The van der Waals surface area contributed by atoms with Gasteiger partial charge in [0.1, 0.15) is 0 Å². The highest BCUT2D eigenvalue weighted by Gasteiger charge is 2.25. The first-order chi connectivity index (χ1) is 18.9. The summed E-state index contributed by atoms with van der Waals surface area (Å²) in [4.78, 5) is 11.6. The van der Waals surface area contributed by atoms with Gasteiger partial charge < -0.3 is 15.5 Å². The molecule has 0 aromatic heterocycles. The Balaban J connectivity index is 1.36. The van der Waals surface area contributed by atoms with Crippen molar-refractivity contribution in [3.8, 4) is 11.1 Å². The number of hydrogen-bond donors (Lipinski definition) is 3. The number of benzene rings is 4. The first-order valence-electron chi connectivity index (χ1n) is 13.2. The van der Waals surface area contributed by atoms with E-state index in [9.17, 15) is 23.4 Å². The van der Waals surface area contributed by atoms with E-state index in [1.165, 1.54) is 35.5 Å². The Hall–Kier alpha value is -3.56. The summed E-state index contributed by atoms with van der Waals surface area (Å²) in [5.74, 6) is -1.01. The van der Waals surface area contributed by atoms with Gasteiger partial charge in [-0.2, -0.15) is 4.31 Å². The third kappa shape index (κ3) is 6.95. The molecule has 0 fully saturated rings. The van der Waals surface area contributed by atoms with E-state index in [0.717, 1.165) is 10.7 Å². The molecule has 0 aliphatic rings. The summed E-state index contributed by atoms with van der Waals surface area (Å²) >= 11 is 0.